The van der Waals surface area contributed by atoms with Gasteiger partial charge in [0.25, 0.3) is 0 Å². The lowest BCUT2D eigenvalue weighted by Gasteiger charge is -2.49. The van der Waals surface area contributed by atoms with Crippen LogP contribution >= 0.6 is 11.3 Å². The first-order chi connectivity index (χ1) is 9.31. The van der Waals surface area contributed by atoms with Gasteiger partial charge >= 0.3 is 0 Å². The highest BCUT2D eigenvalue weighted by molar-refractivity contribution is 7.09. The van der Waals surface area contributed by atoms with Gasteiger partial charge in [-0.05, 0) is 45.1 Å². The van der Waals surface area contributed by atoms with Gasteiger partial charge in [0.15, 0.2) is 0 Å². The zero-order chi connectivity index (χ0) is 15.0. The second-order valence-electron chi connectivity index (χ2n) is 5.99. The molecule has 0 bridgehead atoms. The molecule has 1 fully saturated rings. The van der Waals surface area contributed by atoms with E-state index in [1.165, 1.54) is 4.88 Å². The standard InChI is InChI=1S/C15H22N2O2S/c1-5-15(4)12(18)16-14(2,3)13(19)17(15)9-8-11-7-6-10-20-11/h6-7,10H,5,8-9H2,1-4H3,(H,16,18). The fourth-order valence-corrected chi connectivity index (χ4v) is 3.23. The van der Waals surface area contributed by atoms with Gasteiger partial charge in [0.05, 0.1) is 0 Å². The van der Waals surface area contributed by atoms with Crippen molar-refractivity contribution in [2.75, 3.05) is 6.54 Å². The molecule has 1 aliphatic heterocycles. The fourth-order valence-electron chi connectivity index (χ4n) is 2.53. The zero-order valence-corrected chi connectivity index (χ0v) is 13.3. The summed E-state index contributed by atoms with van der Waals surface area (Å²) in [6, 6.07) is 4.07. The molecule has 1 aliphatic rings. The number of amides is 2. The second-order valence-corrected chi connectivity index (χ2v) is 7.02. The van der Waals surface area contributed by atoms with Gasteiger partial charge < -0.3 is 10.2 Å². The van der Waals surface area contributed by atoms with Crippen molar-refractivity contribution in [3.8, 4) is 0 Å². The summed E-state index contributed by atoms with van der Waals surface area (Å²) < 4.78 is 0. The van der Waals surface area contributed by atoms with Crippen molar-refractivity contribution in [3.05, 3.63) is 22.4 Å². The van der Waals surface area contributed by atoms with Gasteiger partial charge in [-0.2, -0.15) is 0 Å². The van der Waals surface area contributed by atoms with Gasteiger partial charge in [-0.3, -0.25) is 9.59 Å². The summed E-state index contributed by atoms with van der Waals surface area (Å²) in [5, 5.41) is 4.87. The third-order valence-electron chi connectivity index (χ3n) is 4.14. The molecule has 4 nitrogen and oxygen atoms in total. The van der Waals surface area contributed by atoms with Crippen LogP contribution in [0.3, 0.4) is 0 Å². The zero-order valence-electron chi connectivity index (χ0n) is 12.5. The Kier molecular flexibility index (Phi) is 3.91. The molecule has 5 heteroatoms. The third kappa shape index (κ3) is 2.46. The first-order valence-corrected chi connectivity index (χ1v) is 7.86. The van der Waals surface area contributed by atoms with Crippen molar-refractivity contribution in [1.82, 2.24) is 10.2 Å². The van der Waals surface area contributed by atoms with E-state index < -0.39 is 11.1 Å². The quantitative estimate of drug-likeness (QED) is 0.925. The van der Waals surface area contributed by atoms with Crippen LogP contribution in [-0.4, -0.2) is 34.3 Å². The number of hydrogen-bond donors (Lipinski definition) is 1. The highest BCUT2D eigenvalue weighted by atomic mass is 32.1. The summed E-state index contributed by atoms with van der Waals surface area (Å²) in [4.78, 5) is 28.0. The number of carbonyl (C=O) groups is 2. The summed E-state index contributed by atoms with van der Waals surface area (Å²) in [7, 11) is 0. The highest BCUT2D eigenvalue weighted by Crippen LogP contribution is 2.29. The lowest BCUT2D eigenvalue weighted by Crippen LogP contribution is -2.73. The van der Waals surface area contributed by atoms with E-state index in [9.17, 15) is 9.59 Å². The van der Waals surface area contributed by atoms with E-state index in [2.05, 4.69) is 11.4 Å². The van der Waals surface area contributed by atoms with Crippen LogP contribution in [0.25, 0.3) is 0 Å². The minimum atomic E-state index is -0.818. The predicted molar refractivity (Wildman–Crippen MR) is 80.7 cm³/mol. The molecule has 0 saturated carbocycles. The number of nitrogens with zero attached hydrogens (tertiary/aromatic N) is 1. The van der Waals surface area contributed by atoms with Crippen molar-refractivity contribution in [2.45, 2.75) is 51.6 Å². The molecule has 1 aromatic heterocycles. The number of hydrogen-bond acceptors (Lipinski definition) is 3. The Bertz CT molecular complexity index is 510. The summed E-state index contributed by atoms with van der Waals surface area (Å²) >= 11 is 1.68. The van der Waals surface area contributed by atoms with Gasteiger partial charge in [-0.25, -0.2) is 0 Å². The van der Waals surface area contributed by atoms with Crippen molar-refractivity contribution in [3.63, 3.8) is 0 Å². The van der Waals surface area contributed by atoms with E-state index in [-0.39, 0.29) is 11.8 Å². The molecule has 1 N–H and O–H groups in total. The van der Waals surface area contributed by atoms with Crippen LogP contribution in [0.15, 0.2) is 17.5 Å². The Hall–Kier alpha value is -1.36. The van der Waals surface area contributed by atoms with Gasteiger partial charge in [0.1, 0.15) is 11.1 Å². The number of nitrogens with one attached hydrogen (secondary N) is 1. The average Bonchev–Trinajstić information content (AvgIpc) is 2.89. The van der Waals surface area contributed by atoms with Crippen molar-refractivity contribution in [1.29, 1.82) is 0 Å². The molecule has 2 rings (SSSR count). The summed E-state index contributed by atoms with van der Waals surface area (Å²) in [6.07, 6.45) is 1.41. The average molecular weight is 294 g/mol. The first-order valence-electron chi connectivity index (χ1n) is 6.98. The first kappa shape index (κ1) is 15.0. The van der Waals surface area contributed by atoms with E-state index >= 15 is 0 Å². The van der Waals surface area contributed by atoms with E-state index in [1.54, 1.807) is 30.1 Å². The van der Waals surface area contributed by atoms with Gasteiger partial charge in [0.2, 0.25) is 11.8 Å². The molecule has 1 atom stereocenters. The van der Waals surface area contributed by atoms with Crippen molar-refractivity contribution in [2.24, 2.45) is 0 Å². The van der Waals surface area contributed by atoms with Gasteiger partial charge in [-0.15, -0.1) is 11.3 Å². The van der Waals surface area contributed by atoms with E-state index in [4.69, 9.17) is 0 Å². The second kappa shape index (κ2) is 5.20. The third-order valence-corrected chi connectivity index (χ3v) is 5.08. The largest absolute Gasteiger partial charge is 0.340 e. The maximum absolute atomic E-state index is 12.6. The Morgan fingerprint density at radius 3 is 2.55 bits per heavy atom. The number of piperazine rings is 1. The molecule has 0 radical (unpaired) electrons. The van der Waals surface area contributed by atoms with Crippen LogP contribution in [0.5, 0.6) is 0 Å². The molecule has 2 heterocycles. The molecule has 20 heavy (non-hydrogen) atoms. The molecule has 0 aliphatic carbocycles. The maximum Gasteiger partial charge on any atom is 0.248 e. The van der Waals surface area contributed by atoms with Crippen LogP contribution in [0.1, 0.15) is 39.0 Å². The summed E-state index contributed by atoms with van der Waals surface area (Å²) in [6.45, 7) is 7.91. The van der Waals surface area contributed by atoms with E-state index in [1.807, 2.05) is 25.3 Å². The highest BCUT2D eigenvalue weighted by Gasteiger charge is 2.51. The fraction of sp³-hybridized carbons (Fsp3) is 0.600. The van der Waals surface area contributed by atoms with Crippen LogP contribution in [0, 0.1) is 0 Å². The van der Waals surface area contributed by atoms with Crippen molar-refractivity contribution < 1.29 is 9.59 Å². The van der Waals surface area contributed by atoms with E-state index in [0.717, 1.165) is 6.42 Å². The predicted octanol–water partition coefficient (Wildman–Crippen LogP) is 2.20. The monoisotopic (exact) mass is 294 g/mol. The van der Waals surface area contributed by atoms with E-state index in [0.29, 0.717) is 13.0 Å². The molecular weight excluding hydrogens is 272 g/mol. The molecule has 110 valence electrons. The SMILES string of the molecule is CCC1(C)C(=O)NC(C)(C)C(=O)N1CCc1cccs1. The number of rotatable bonds is 4. The molecule has 1 saturated heterocycles. The lowest BCUT2D eigenvalue weighted by molar-refractivity contribution is -0.160. The topological polar surface area (TPSA) is 49.4 Å². The smallest absolute Gasteiger partial charge is 0.248 e. The van der Waals surface area contributed by atoms with Crippen LogP contribution in [0.2, 0.25) is 0 Å². The van der Waals surface area contributed by atoms with Gasteiger partial charge in [0, 0.05) is 11.4 Å². The molecular formula is C15H22N2O2S. The Labute approximate surface area is 124 Å². The normalized spacial score (nSPS) is 25.7. The minimum absolute atomic E-state index is 0.00185. The Morgan fingerprint density at radius 1 is 1.30 bits per heavy atom. The molecule has 2 amide bonds. The Balaban J connectivity index is 2.23. The van der Waals surface area contributed by atoms with Crippen LogP contribution < -0.4 is 5.32 Å². The summed E-state index contributed by atoms with van der Waals surface area (Å²) in [5.41, 5.74) is -1.56. The molecule has 1 aromatic rings. The van der Waals surface area contributed by atoms with Crippen LogP contribution in [-0.2, 0) is 16.0 Å². The summed E-state index contributed by atoms with van der Waals surface area (Å²) in [5.74, 6) is -0.0613. The van der Waals surface area contributed by atoms with Gasteiger partial charge in [-0.1, -0.05) is 13.0 Å². The molecule has 0 spiro atoms. The van der Waals surface area contributed by atoms with Crippen LogP contribution in [0.4, 0.5) is 0 Å². The number of thiophene rings is 1. The molecule has 1 unspecified atom stereocenters. The minimum Gasteiger partial charge on any atom is -0.340 e. The maximum atomic E-state index is 12.6. The van der Waals surface area contributed by atoms with Crippen molar-refractivity contribution >= 4 is 23.2 Å². The Morgan fingerprint density at radius 2 is 2.00 bits per heavy atom. The molecule has 0 aromatic carbocycles. The number of carbonyl (C=O) groups excluding carboxylic acids is 2. The lowest BCUT2D eigenvalue weighted by atomic mass is 9.86.